The van der Waals surface area contributed by atoms with Gasteiger partial charge in [0.1, 0.15) is 23.8 Å². The molecule has 0 saturated carbocycles. The van der Waals surface area contributed by atoms with E-state index in [1.165, 1.54) is 4.90 Å². The minimum atomic E-state index is -0.309. The minimum Gasteiger partial charge on any atom is -0.497 e. The lowest BCUT2D eigenvalue weighted by atomic mass is 10.0. The zero-order chi connectivity index (χ0) is 21.8. The highest BCUT2D eigenvalue weighted by Crippen LogP contribution is 2.34. The van der Waals surface area contributed by atoms with Gasteiger partial charge in [0.25, 0.3) is 5.91 Å². The molecule has 7 heteroatoms. The molecule has 0 fully saturated rings. The first-order valence-electron chi connectivity index (χ1n) is 9.73. The molecule has 1 heterocycles. The van der Waals surface area contributed by atoms with Gasteiger partial charge in [-0.2, -0.15) is 0 Å². The molecule has 0 aliphatic carbocycles. The van der Waals surface area contributed by atoms with Crippen molar-refractivity contribution in [3.05, 3.63) is 66.7 Å². The molecule has 0 saturated heterocycles. The van der Waals surface area contributed by atoms with Gasteiger partial charge in [0, 0.05) is 11.3 Å². The third kappa shape index (κ3) is 4.30. The van der Waals surface area contributed by atoms with Gasteiger partial charge in [-0.15, -0.1) is 0 Å². The first-order valence-corrected chi connectivity index (χ1v) is 9.73. The second-order valence-electron chi connectivity index (χ2n) is 6.93. The fourth-order valence-corrected chi connectivity index (χ4v) is 3.45. The Morgan fingerprint density at radius 3 is 2.55 bits per heavy atom. The van der Waals surface area contributed by atoms with Gasteiger partial charge in [0.05, 0.1) is 19.9 Å². The summed E-state index contributed by atoms with van der Waals surface area (Å²) in [6.07, 6.45) is 0. The van der Waals surface area contributed by atoms with Crippen molar-refractivity contribution in [2.75, 3.05) is 37.6 Å². The van der Waals surface area contributed by atoms with E-state index in [0.717, 1.165) is 16.9 Å². The molecule has 31 heavy (non-hydrogen) atoms. The maximum Gasteiger partial charge on any atom is 0.265 e. The van der Waals surface area contributed by atoms with Crippen LogP contribution in [0.15, 0.2) is 66.7 Å². The molecule has 0 bridgehead atoms. The first kappa shape index (κ1) is 20.3. The fraction of sp³-hybridized carbons (Fsp3) is 0.167. The van der Waals surface area contributed by atoms with Crippen molar-refractivity contribution in [2.24, 2.45) is 0 Å². The van der Waals surface area contributed by atoms with Crippen molar-refractivity contribution in [2.45, 2.75) is 0 Å². The number of anilines is 2. The number of methoxy groups -OCH3 is 2. The maximum atomic E-state index is 12.7. The van der Waals surface area contributed by atoms with E-state index >= 15 is 0 Å². The van der Waals surface area contributed by atoms with E-state index < -0.39 is 0 Å². The van der Waals surface area contributed by atoms with Gasteiger partial charge in [-0.1, -0.05) is 24.3 Å². The lowest BCUT2D eigenvalue weighted by Gasteiger charge is -2.28. The number of amides is 2. The Balaban J connectivity index is 1.54. The zero-order valence-corrected chi connectivity index (χ0v) is 17.3. The summed E-state index contributed by atoms with van der Waals surface area (Å²) in [4.78, 5) is 26.5. The van der Waals surface area contributed by atoms with Crippen LogP contribution in [0.1, 0.15) is 0 Å². The van der Waals surface area contributed by atoms with Gasteiger partial charge in [-0.25, -0.2) is 0 Å². The number of hydrogen-bond acceptors (Lipinski definition) is 5. The van der Waals surface area contributed by atoms with Gasteiger partial charge in [0.15, 0.2) is 6.61 Å². The fourth-order valence-electron chi connectivity index (χ4n) is 3.45. The molecule has 158 valence electrons. The number of benzene rings is 3. The number of hydrogen-bond donors (Lipinski definition) is 1. The first-order chi connectivity index (χ1) is 15.1. The van der Waals surface area contributed by atoms with Crippen molar-refractivity contribution < 1.29 is 23.8 Å². The lowest BCUT2D eigenvalue weighted by molar-refractivity contribution is -0.123. The Labute approximate surface area is 180 Å². The predicted octanol–water partition coefficient (Wildman–Crippen LogP) is 3.73. The highest BCUT2D eigenvalue weighted by molar-refractivity contribution is 6.05. The smallest absolute Gasteiger partial charge is 0.265 e. The molecule has 1 N–H and O–H groups in total. The second-order valence-corrected chi connectivity index (χ2v) is 6.93. The van der Waals surface area contributed by atoms with Gasteiger partial charge in [-0.3, -0.25) is 14.5 Å². The predicted molar refractivity (Wildman–Crippen MR) is 118 cm³/mol. The number of nitrogens with one attached hydrogen (secondary N) is 1. The molecule has 1 aliphatic rings. The molecule has 7 nitrogen and oxygen atoms in total. The minimum absolute atomic E-state index is 0.0888. The van der Waals surface area contributed by atoms with Crippen LogP contribution < -0.4 is 24.4 Å². The normalized spacial score (nSPS) is 12.6. The van der Waals surface area contributed by atoms with Crippen molar-refractivity contribution >= 4 is 23.2 Å². The Morgan fingerprint density at radius 1 is 1.03 bits per heavy atom. The van der Waals surface area contributed by atoms with E-state index in [-0.39, 0.29) is 25.0 Å². The quantitative estimate of drug-likeness (QED) is 0.660. The number of fused-ring (bicyclic) bond motifs is 1. The Kier molecular flexibility index (Phi) is 5.75. The molecule has 0 spiro atoms. The number of carbonyl (C=O) groups excluding carboxylic acids is 2. The van der Waals surface area contributed by atoms with Crippen LogP contribution in [0.2, 0.25) is 0 Å². The second kappa shape index (κ2) is 8.79. The number of carbonyl (C=O) groups is 2. The molecular formula is C24H22N2O5. The Hall–Kier alpha value is -4.00. The highest BCUT2D eigenvalue weighted by atomic mass is 16.5. The molecule has 4 rings (SSSR count). The molecule has 0 radical (unpaired) electrons. The van der Waals surface area contributed by atoms with Crippen LogP contribution in [0, 0.1) is 0 Å². The molecule has 3 aromatic rings. The van der Waals surface area contributed by atoms with Crippen LogP contribution in [0.25, 0.3) is 11.1 Å². The van der Waals surface area contributed by atoms with Crippen LogP contribution in [-0.4, -0.2) is 39.2 Å². The van der Waals surface area contributed by atoms with Crippen molar-refractivity contribution in [3.63, 3.8) is 0 Å². The molecule has 1 aliphatic heterocycles. The van der Waals surface area contributed by atoms with E-state index in [1.54, 1.807) is 44.6 Å². The van der Waals surface area contributed by atoms with E-state index in [1.807, 2.05) is 36.4 Å². The molecular weight excluding hydrogens is 396 g/mol. The number of ether oxygens (including phenoxy) is 3. The van der Waals surface area contributed by atoms with Gasteiger partial charge in [-0.05, 0) is 48.0 Å². The number of nitrogens with zero attached hydrogens (tertiary/aromatic N) is 1. The largest absolute Gasteiger partial charge is 0.497 e. The molecule has 0 aromatic heterocycles. The summed E-state index contributed by atoms with van der Waals surface area (Å²) in [5.41, 5.74) is 2.94. The number of rotatable bonds is 6. The van der Waals surface area contributed by atoms with E-state index in [2.05, 4.69) is 5.32 Å². The van der Waals surface area contributed by atoms with Crippen LogP contribution in [0.3, 0.4) is 0 Å². The average molecular weight is 418 g/mol. The van der Waals surface area contributed by atoms with E-state index in [4.69, 9.17) is 14.2 Å². The highest BCUT2D eigenvalue weighted by Gasteiger charge is 2.27. The topological polar surface area (TPSA) is 77.1 Å². The summed E-state index contributed by atoms with van der Waals surface area (Å²) in [7, 11) is 3.21. The third-order valence-corrected chi connectivity index (χ3v) is 4.99. The number of para-hydroxylation sites is 2. The summed E-state index contributed by atoms with van der Waals surface area (Å²) in [5.74, 6) is 1.45. The van der Waals surface area contributed by atoms with Crippen LogP contribution in [0.4, 0.5) is 11.4 Å². The van der Waals surface area contributed by atoms with Gasteiger partial charge in [0.2, 0.25) is 5.91 Å². The Morgan fingerprint density at radius 2 is 1.81 bits per heavy atom. The van der Waals surface area contributed by atoms with E-state index in [0.29, 0.717) is 22.9 Å². The summed E-state index contributed by atoms with van der Waals surface area (Å²) in [6.45, 7) is -0.197. The molecule has 0 atom stereocenters. The summed E-state index contributed by atoms with van der Waals surface area (Å²) in [6, 6.07) is 20.1. The van der Waals surface area contributed by atoms with Crippen molar-refractivity contribution in [1.29, 1.82) is 0 Å². The van der Waals surface area contributed by atoms with Crippen molar-refractivity contribution in [3.8, 4) is 28.4 Å². The molecule has 0 unspecified atom stereocenters. The Bertz CT molecular complexity index is 1110. The van der Waals surface area contributed by atoms with Gasteiger partial charge >= 0.3 is 0 Å². The lowest BCUT2D eigenvalue weighted by Crippen LogP contribution is -2.43. The van der Waals surface area contributed by atoms with Crippen LogP contribution >= 0.6 is 0 Å². The van der Waals surface area contributed by atoms with Crippen LogP contribution in [0.5, 0.6) is 17.2 Å². The van der Waals surface area contributed by atoms with Crippen molar-refractivity contribution in [1.82, 2.24) is 0 Å². The average Bonchev–Trinajstić information content (AvgIpc) is 2.81. The third-order valence-electron chi connectivity index (χ3n) is 4.99. The van der Waals surface area contributed by atoms with Gasteiger partial charge < -0.3 is 19.5 Å². The summed E-state index contributed by atoms with van der Waals surface area (Å²) >= 11 is 0. The monoisotopic (exact) mass is 418 g/mol. The summed E-state index contributed by atoms with van der Waals surface area (Å²) in [5, 5.41) is 2.87. The SMILES string of the molecule is COc1ccc(-c2cc(NC(=O)CN3C(=O)COc4ccccc43)ccc2OC)cc1. The molecule has 2 amide bonds. The van der Waals surface area contributed by atoms with E-state index in [9.17, 15) is 9.59 Å². The summed E-state index contributed by atoms with van der Waals surface area (Å²) < 4.78 is 16.1. The van der Waals surface area contributed by atoms with Crippen LogP contribution in [-0.2, 0) is 9.59 Å². The standard InChI is InChI=1S/C24H22N2O5/c1-29-18-10-7-16(8-11-18)19-13-17(9-12-21(19)30-2)25-23(27)14-26-20-5-3-4-6-22(20)31-15-24(26)28/h3-13H,14-15H2,1-2H3,(H,25,27). The maximum absolute atomic E-state index is 12.7. The zero-order valence-electron chi connectivity index (χ0n) is 17.3. The molecule has 3 aromatic carbocycles.